The third-order valence-electron chi connectivity index (χ3n) is 4.23. The Morgan fingerprint density at radius 1 is 1.14 bits per heavy atom. The molecule has 0 aliphatic heterocycles. The summed E-state index contributed by atoms with van der Waals surface area (Å²) in [6.45, 7) is 3.77. The fourth-order valence-electron chi connectivity index (χ4n) is 3.21. The molecule has 5 nitrogen and oxygen atoms in total. The predicted octanol–water partition coefficient (Wildman–Crippen LogP) is 2.69. The molecule has 2 aromatic rings. The minimum absolute atomic E-state index is 0.568. The van der Waals surface area contributed by atoms with Gasteiger partial charge in [-0.2, -0.15) is 0 Å². The van der Waals surface area contributed by atoms with E-state index in [1.54, 1.807) is 6.92 Å². The lowest BCUT2D eigenvalue weighted by atomic mass is 10.0. The van der Waals surface area contributed by atoms with Gasteiger partial charge in [0.05, 0.1) is 12.1 Å². The number of aliphatic hydroxyl groups is 1. The SMILES string of the molecule is Cc1nnc(CN(Cc2ccccc2)CC2(O)CCCC2)o1. The van der Waals surface area contributed by atoms with Gasteiger partial charge in [-0.05, 0) is 18.4 Å². The van der Waals surface area contributed by atoms with Gasteiger partial charge in [-0.1, -0.05) is 43.2 Å². The Labute approximate surface area is 131 Å². The minimum Gasteiger partial charge on any atom is -0.424 e. The van der Waals surface area contributed by atoms with Crippen LogP contribution in [-0.2, 0) is 13.1 Å². The van der Waals surface area contributed by atoms with Crippen LogP contribution in [0.15, 0.2) is 34.7 Å². The number of benzene rings is 1. The second-order valence-corrected chi connectivity index (χ2v) is 6.28. The molecule has 3 rings (SSSR count). The summed E-state index contributed by atoms with van der Waals surface area (Å²) in [6.07, 6.45) is 3.97. The van der Waals surface area contributed by atoms with Crippen molar-refractivity contribution in [3.63, 3.8) is 0 Å². The van der Waals surface area contributed by atoms with Gasteiger partial charge in [0.1, 0.15) is 0 Å². The van der Waals surface area contributed by atoms with Crippen molar-refractivity contribution in [3.05, 3.63) is 47.7 Å². The van der Waals surface area contributed by atoms with E-state index in [1.807, 2.05) is 18.2 Å². The summed E-state index contributed by atoms with van der Waals surface area (Å²) < 4.78 is 5.50. The Bertz CT molecular complexity index is 591. The summed E-state index contributed by atoms with van der Waals surface area (Å²) >= 11 is 0. The van der Waals surface area contributed by atoms with Gasteiger partial charge in [0, 0.05) is 20.0 Å². The van der Waals surface area contributed by atoms with Crippen LogP contribution in [0, 0.1) is 6.92 Å². The molecule has 0 radical (unpaired) electrons. The van der Waals surface area contributed by atoms with Gasteiger partial charge >= 0.3 is 0 Å². The van der Waals surface area contributed by atoms with Crippen LogP contribution in [0.4, 0.5) is 0 Å². The first-order chi connectivity index (χ1) is 10.6. The number of aryl methyl sites for hydroxylation is 1. The van der Waals surface area contributed by atoms with Crippen LogP contribution >= 0.6 is 0 Å². The number of aromatic nitrogens is 2. The molecule has 1 aliphatic rings. The van der Waals surface area contributed by atoms with Gasteiger partial charge in [-0.3, -0.25) is 4.90 Å². The molecule has 0 spiro atoms. The predicted molar refractivity (Wildman–Crippen MR) is 83.0 cm³/mol. The van der Waals surface area contributed by atoms with E-state index in [1.165, 1.54) is 5.56 Å². The van der Waals surface area contributed by atoms with Crippen LogP contribution in [0.1, 0.15) is 43.0 Å². The smallest absolute Gasteiger partial charge is 0.230 e. The molecule has 0 atom stereocenters. The van der Waals surface area contributed by atoms with E-state index in [2.05, 4.69) is 27.2 Å². The molecule has 22 heavy (non-hydrogen) atoms. The Kier molecular flexibility index (Phi) is 4.55. The van der Waals surface area contributed by atoms with E-state index in [0.717, 1.165) is 32.2 Å². The van der Waals surface area contributed by atoms with Crippen molar-refractivity contribution in [3.8, 4) is 0 Å². The molecular weight excluding hydrogens is 278 g/mol. The molecule has 1 aromatic heterocycles. The molecule has 1 heterocycles. The largest absolute Gasteiger partial charge is 0.424 e. The maximum atomic E-state index is 10.7. The average Bonchev–Trinajstić information content (AvgIpc) is 3.09. The van der Waals surface area contributed by atoms with Gasteiger partial charge in [-0.25, -0.2) is 0 Å². The van der Waals surface area contributed by atoms with E-state index in [4.69, 9.17) is 4.42 Å². The van der Waals surface area contributed by atoms with Crippen molar-refractivity contribution in [1.29, 1.82) is 0 Å². The average molecular weight is 301 g/mol. The normalized spacial score (nSPS) is 17.2. The van der Waals surface area contributed by atoms with E-state index < -0.39 is 5.60 Å². The number of hydrogen-bond donors (Lipinski definition) is 1. The molecule has 0 bridgehead atoms. The molecule has 0 amide bonds. The number of nitrogens with zero attached hydrogens (tertiary/aromatic N) is 3. The van der Waals surface area contributed by atoms with Gasteiger partial charge in [0.25, 0.3) is 0 Å². The summed E-state index contributed by atoms with van der Waals surface area (Å²) in [4.78, 5) is 2.20. The van der Waals surface area contributed by atoms with Gasteiger partial charge in [-0.15, -0.1) is 10.2 Å². The van der Waals surface area contributed by atoms with E-state index in [9.17, 15) is 5.11 Å². The molecular formula is C17H23N3O2. The summed E-state index contributed by atoms with van der Waals surface area (Å²) in [5.74, 6) is 1.18. The fraction of sp³-hybridized carbons (Fsp3) is 0.529. The third kappa shape index (κ3) is 3.93. The molecule has 1 fully saturated rings. The van der Waals surface area contributed by atoms with E-state index >= 15 is 0 Å². The van der Waals surface area contributed by atoms with E-state index in [0.29, 0.717) is 24.9 Å². The molecule has 0 saturated heterocycles. The number of rotatable bonds is 6. The quantitative estimate of drug-likeness (QED) is 0.889. The second kappa shape index (κ2) is 6.58. The Morgan fingerprint density at radius 3 is 2.50 bits per heavy atom. The lowest BCUT2D eigenvalue weighted by Gasteiger charge is -2.30. The van der Waals surface area contributed by atoms with Crippen molar-refractivity contribution >= 4 is 0 Å². The number of hydrogen-bond acceptors (Lipinski definition) is 5. The van der Waals surface area contributed by atoms with Crippen LogP contribution in [0.3, 0.4) is 0 Å². The Hall–Kier alpha value is -1.72. The molecule has 0 unspecified atom stereocenters. The lowest BCUT2D eigenvalue weighted by molar-refractivity contribution is 0.00235. The Balaban J connectivity index is 1.72. The molecule has 5 heteroatoms. The van der Waals surface area contributed by atoms with Crippen LogP contribution in [0.25, 0.3) is 0 Å². The summed E-state index contributed by atoms with van der Waals surface area (Å²) in [5, 5.41) is 18.7. The standard InChI is InChI=1S/C17H23N3O2/c1-14-18-19-16(22-14)12-20(11-15-7-3-2-4-8-15)13-17(21)9-5-6-10-17/h2-4,7-8,21H,5-6,9-13H2,1H3. The fourth-order valence-corrected chi connectivity index (χ4v) is 3.21. The molecule has 1 aromatic carbocycles. The highest BCUT2D eigenvalue weighted by Gasteiger charge is 2.33. The molecule has 118 valence electrons. The van der Waals surface area contributed by atoms with Crippen LogP contribution in [0.2, 0.25) is 0 Å². The third-order valence-corrected chi connectivity index (χ3v) is 4.23. The van der Waals surface area contributed by atoms with E-state index in [-0.39, 0.29) is 0 Å². The van der Waals surface area contributed by atoms with Gasteiger partial charge in [0.2, 0.25) is 11.8 Å². The zero-order chi connectivity index (χ0) is 15.4. The summed E-state index contributed by atoms with van der Waals surface area (Å²) in [6, 6.07) is 10.3. The highest BCUT2D eigenvalue weighted by atomic mass is 16.4. The van der Waals surface area contributed by atoms with Crippen LogP contribution < -0.4 is 0 Å². The van der Waals surface area contributed by atoms with Crippen LogP contribution in [0.5, 0.6) is 0 Å². The zero-order valence-electron chi connectivity index (χ0n) is 13.0. The lowest BCUT2D eigenvalue weighted by Crippen LogP contribution is -2.40. The highest BCUT2D eigenvalue weighted by Crippen LogP contribution is 2.31. The van der Waals surface area contributed by atoms with Crippen molar-refractivity contribution < 1.29 is 9.52 Å². The Morgan fingerprint density at radius 2 is 1.86 bits per heavy atom. The van der Waals surface area contributed by atoms with Crippen LogP contribution in [-0.4, -0.2) is 32.3 Å². The first kappa shape index (κ1) is 15.2. The second-order valence-electron chi connectivity index (χ2n) is 6.28. The highest BCUT2D eigenvalue weighted by molar-refractivity contribution is 5.14. The van der Waals surface area contributed by atoms with Crippen molar-refractivity contribution in [2.75, 3.05) is 6.54 Å². The zero-order valence-corrected chi connectivity index (χ0v) is 13.0. The van der Waals surface area contributed by atoms with Crippen molar-refractivity contribution in [2.24, 2.45) is 0 Å². The van der Waals surface area contributed by atoms with Gasteiger partial charge in [0.15, 0.2) is 0 Å². The molecule has 1 saturated carbocycles. The maximum Gasteiger partial charge on any atom is 0.230 e. The summed E-state index contributed by atoms with van der Waals surface area (Å²) in [7, 11) is 0. The first-order valence-corrected chi connectivity index (χ1v) is 7.91. The molecule has 1 N–H and O–H groups in total. The minimum atomic E-state index is -0.580. The monoisotopic (exact) mass is 301 g/mol. The topological polar surface area (TPSA) is 62.4 Å². The summed E-state index contributed by atoms with van der Waals surface area (Å²) in [5.41, 5.74) is 0.643. The van der Waals surface area contributed by atoms with Crippen molar-refractivity contribution in [2.45, 2.75) is 51.3 Å². The molecule has 1 aliphatic carbocycles. The maximum absolute atomic E-state index is 10.7. The van der Waals surface area contributed by atoms with Gasteiger partial charge < -0.3 is 9.52 Å². The first-order valence-electron chi connectivity index (χ1n) is 7.91. The van der Waals surface area contributed by atoms with Crippen molar-refractivity contribution in [1.82, 2.24) is 15.1 Å².